The molecule has 0 aromatic heterocycles. The van der Waals surface area contributed by atoms with Crippen LogP contribution in [0.5, 0.6) is 0 Å². The third kappa shape index (κ3) is 2.49. The smallest absolute Gasteiger partial charge is 0.123 e. The fourth-order valence-electron chi connectivity index (χ4n) is 2.61. The van der Waals surface area contributed by atoms with E-state index in [-0.39, 0.29) is 5.82 Å². The lowest BCUT2D eigenvalue weighted by Crippen LogP contribution is -2.45. The van der Waals surface area contributed by atoms with E-state index in [1.165, 1.54) is 10.5 Å². The lowest BCUT2D eigenvalue weighted by atomic mass is 10.0. The van der Waals surface area contributed by atoms with E-state index in [1.54, 1.807) is 12.1 Å². The molecular formula is C13H17FN2S. The van der Waals surface area contributed by atoms with Gasteiger partial charge in [0.2, 0.25) is 0 Å². The number of benzene rings is 1. The van der Waals surface area contributed by atoms with Crippen LogP contribution in [-0.4, -0.2) is 43.4 Å². The van der Waals surface area contributed by atoms with E-state index in [1.807, 2.05) is 17.8 Å². The average molecular weight is 252 g/mol. The molecule has 1 atom stereocenters. The van der Waals surface area contributed by atoms with Crippen LogP contribution in [0.25, 0.3) is 0 Å². The van der Waals surface area contributed by atoms with Crippen molar-refractivity contribution >= 4 is 11.8 Å². The Labute approximate surface area is 106 Å². The van der Waals surface area contributed by atoms with Gasteiger partial charge in [-0.2, -0.15) is 0 Å². The van der Waals surface area contributed by atoms with Crippen LogP contribution in [0.1, 0.15) is 11.5 Å². The molecule has 0 radical (unpaired) electrons. The second-order valence-corrected chi connectivity index (χ2v) is 5.80. The first-order valence-electron chi connectivity index (χ1n) is 6.18. The highest BCUT2D eigenvalue weighted by atomic mass is 32.2. The van der Waals surface area contributed by atoms with E-state index in [2.05, 4.69) is 10.2 Å². The van der Waals surface area contributed by atoms with Crippen molar-refractivity contribution in [1.29, 1.82) is 0 Å². The number of nitrogens with one attached hydrogen (secondary N) is 1. The Morgan fingerprint density at radius 2 is 2.18 bits per heavy atom. The predicted octanol–water partition coefficient (Wildman–Crippen LogP) is 1.92. The third-order valence-corrected chi connectivity index (χ3v) is 4.79. The van der Waals surface area contributed by atoms with Gasteiger partial charge >= 0.3 is 0 Å². The Morgan fingerprint density at radius 1 is 1.35 bits per heavy atom. The standard InChI is InChI=1S/C13H17FN2S/c14-11-1-2-13-12(7-11)10(9-17-13)8-16-5-3-15-4-6-16/h1-2,7,10,15H,3-6,8-9H2. The first-order valence-corrected chi connectivity index (χ1v) is 7.17. The number of hydrogen-bond donors (Lipinski definition) is 1. The highest BCUT2D eigenvalue weighted by Crippen LogP contribution is 2.40. The molecule has 17 heavy (non-hydrogen) atoms. The minimum Gasteiger partial charge on any atom is -0.314 e. The van der Waals surface area contributed by atoms with Crippen molar-refractivity contribution in [3.05, 3.63) is 29.6 Å². The number of halogens is 1. The zero-order valence-corrected chi connectivity index (χ0v) is 10.6. The van der Waals surface area contributed by atoms with Crippen LogP contribution in [0, 0.1) is 5.82 Å². The van der Waals surface area contributed by atoms with Crippen LogP contribution < -0.4 is 5.32 Å². The molecule has 1 saturated heterocycles. The normalized spacial score (nSPS) is 24.9. The lowest BCUT2D eigenvalue weighted by molar-refractivity contribution is 0.231. The van der Waals surface area contributed by atoms with Gasteiger partial charge in [0.1, 0.15) is 5.82 Å². The van der Waals surface area contributed by atoms with Crippen molar-refractivity contribution in [1.82, 2.24) is 10.2 Å². The summed E-state index contributed by atoms with van der Waals surface area (Å²) in [7, 11) is 0. The molecule has 2 heterocycles. The maximum atomic E-state index is 13.3. The van der Waals surface area contributed by atoms with E-state index < -0.39 is 0 Å². The minimum absolute atomic E-state index is 0.100. The van der Waals surface area contributed by atoms with Gasteiger partial charge in [0, 0.05) is 49.3 Å². The highest BCUT2D eigenvalue weighted by Gasteiger charge is 2.26. The highest BCUT2D eigenvalue weighted by molar-refractivity contribution is 7.99. The average Bonchev–Trinajstić information content (AvgIpc) is 2.73. The van der Waals surface area contributed by atoms with Crippen LogP contribution >= 0.6 is 11.8 Å². The molecule has 0 saturated carbocycles. The molecule has 4 heteroatoms. The fraction of sp³-hybridized carbons (Fsp3) is 0.538. The monoisotopic (exact) mass is 252 g/mol. The fourth-order valence-corrected chi connectivity index (χ4v) is 3.83. The van der Waals surface area contributed by atoms with Crippen LogP contribution in [0.3, 0.4) is 0 Å². The van der Waals surface area contributed by atoms with Crippen molar-refractivity contribution in [3.8, 4) is 0 Å². The Morgan fingerprint density at radius 3 is 3.00 bits per heavy atom. The topological polar surface area (TPSA) is 15.3 Å². The van der Waals surface area contributed by atoms with Crippen molar-refractivity contribution in [3.63, 3.8) is 0 Å². The van der Waals surface area contributed by atoms with Crippen LogP contribution in [0.2, 0.25) is 0 Å². The molecule has 3 rings (SSSR count). The number of rotatable bonds is 2. The number of hydrogen-bond acceptors (Lipinski definition) is 3. The second kappa shape index (κ2) is 4.96. The molecule has 1 unspecified atom stereocenters. The molecule has 1 fully saturated rings. The molecular weight excluding hydrogens is 235 g/mol. The molecule has 0 spiro atoms. The predicted molar refractivity (Wildman–Crippen MR) is 69.2 cm³/mol. The zero-order chi connectivity index (χ0) is 11.7. The van der Waals surface area contributed by atoms with Gasteiger partial charge in [0.25, 0.3) is 0 Å². The first-order chi connectivity index (χ1) is 8.33. The van der Waals surface area contributed by atoms with Gasteiger partial charge in [0.15, 0.2) is 0 Å². The summed E-state index contributed by atoms with van der Waals surface area (Å²) in [4.78, 5) is 3.76. The van der Waals surface area contributed by atoms with Gasteiger partial charge < -0.3 is 10.2 Å². The summed E-state index contributed by atoms with van der Waals surface area (Å²) >= 11 is 1.86. The van der Waals surface area contributed by atoms with E-state index in [0.29, 0.717) is 5.92 Å². The molecule has 1 N–H and O–H groups in total. The summed E-state index contributed by atoms with van der Waals surface area (Å²) in [6.45, 7) is 5.47. The van der Waals surface area contributed by atoms with Gasteiger partial charge in [-0.1, -0.05) is 0 Å². The van der Waals surface area contributed by atoms with Gasteiger partial charge in [-0.15, -0.1) is 11.8 Å². The van der Waals surface area contributed by atoms with Crippen LogP contribution in [-0.2, 0) is 0 Å². The van der Waals surface area contributed by atoms with Crippen molar-refractivity contribution in [2.24, 2.45) is 0 Å². The van der Waals surface area contributed by atoms with Crippen LogP contribution in [0.4, 0.5) is 4.39 Å². The van der Waals surface area contributed by atoms with Crippen LogP contribution in [0.15, 0.2) is 23.1 Å². The van der Waals surface area contributed by atoms with Crippen molar-refractivity contribution in [2.45, 2.75) is 10.8 Å². The quantitative estimate of drug-likeness (QED) is 0.866. The minimum atomic E-state index is -0.100. The Bertz CT molecular complexity index is 404. The summed E-state index contributed by atoms with van der Waals surface area (Å²) in [5, 5.41) is 3.36. The summed E-state index contributed by atoms with van der Waals surface area (Å²) in [5.74, 6) is 1.50. The molecule has 0 bridgehead atoms. The Hall–Kier alpha value is -0.580. The van der Waals surface area contributed by atoms with Gasteiger partial charge in [-0.05, 0) is 23.8 Å². The molecule has 0 amide bonds. The number of fused-ring (bicyclic) bond motifs is 1. The Balaban J connectivity index is 1.72. The number of nitrogens with zero attached hydrogens (tertiary/aromatic N) is 1. The van der Waals surface area contributed by atoms with Crippen molar-refractivity contribution < 1.29 is 4.39 Å². The number of thioether (sulfide) groups is 1. The molecule has 2 nitrogen and oxygen atoms in total. The van der Waals surface area contributed by atoms with Gasteiger partial charge in [-0.3, -0.25) is 0 Å². The van der Waals surface area contributed by atoms with Crippen molar-refractivity contribution in [2.75, 3.05) is 38.5 Å². The molecule has 1 aromatic carbocycles. The molecule has 2 aliphatic heterocycles. The summed E-state index contributed by atoms with van der Waals surface area (Å²) in [6, 6.07) is 5.22. The van der Waals surface area contributed by atoms with E-state index in [0.717, 1.165) is 38.5 Å². The van der Waals surface area contributed by atoms with E-state index >= 15 is 0 Å². The largest absolute Gasteiger partial charge is 0.314 e. The SMILES string of the molecule is Fc1ccc2c(c1)C(CN1CCNCC1)CS2. The van der Waals surface area contributed by atoms with E-state index in [9.17, 15) is 4.39 Å². The lowest BCUT2D eigenvalue weighted by Gasteiger charge is -2.29. The maximum absolute atomic E-state index is 13.3. The molecule has 0 aliphatic carbocycles. The second-order valence-electron chi connectivity index (χ2n) is 4.74. The summed E-state index contributed by atoms with van der Waals surface area (Å²) in [6.07, 6.45) is 0. The Kier molecular flexibility index (Phi) is 3.36. The number of piperazine rings is 1. The summed E-state index contributed by atoms with van der Waals surface area (Å²) in [5.41, 5.74) is 1.22. The zero-order valence-electron chi connectivity index (χ0n) is 9.79. The summed E-state index contributed by atoms with van der Waals surface area (Å²) < 4.78 is 13.3. The molecule has 2 aliphatic rings. The van der Waals surface area contributed by atoms with Gasteiger partial charge in [-0.25, -0.2) is 4.39 Å². The van der Waals surface area contributed by atoms with E-state index in [4.69, 9.17) is 0 Å². The maximum Gasteiger partial charge on any atom is 0.123 e. The molecule has 1 aromatic rings. The third-order valence-electron chi connectivity index (χ3n) is 3.54. The van der Waals surface area contributed by atoms with Gasteiger partial charge in [0.05, 0.1) is 0 Å². The molecule has 92 valence electrons. The first kappa shape index (κ1) is 11.5.